The van der Waals surface area contributed by atoms with Gasteiger partial charge in [0.1, 0.15) is 6.10 Å². The zero-order valence-electron chi connectivity index (χ0n) is 19.7. The lowest BCUT2D eigenvalue weighted by atomic mass is 9.87. The SMILES string of the molecule is CCC1O[C@@H](OCc2ccccc2)C(NC(C)=O)[C@@H](C)[C@@H]1OP1(=O)OCc2ccccc2CO1. The van der Waals surface area contributed by atoms with Crippen molar-refractivity contribution in [3.05, 3.63) is 71.3 Å². The first-order chi connectivity index (χ1) is 16.4. The minimum Gasteiger partial charge on any atom is -0.348 e. The van der Waals surface area contributed by atoms with Crippen molar-refractivity contribution in [2.75, 3.05) is 0 Å². The highest BCUT2D eigenvalue weighted by atomic mass is 31.2. The molecule has 5 atom stereocenters. The molecule has 1 N–H and O–H groups in total. The highest BCUT2D eigenvalue weighted by Gasteiger charge is 2.48. The van der Waals surface area contributed by atoms with E-state index in [1.165, 1.54) is 6.92 Å². The standard InChI is InChI=1S/C25H32NO7P/c1-4-22-24(33-34(28)30-15-20-12-8-9-13-21(20)16-31-34)17(2)23(26-18(3)27)25(32-22)29-14-19-10-6-5-7-11-19/h5-13,17,22-25H,4,14-16H2,1-3H3,(H,26,27)/t17-,22?,23?,24+,25-/m1/s1. The minimum absolute atomic E-state index is 0.129. The number of fused-ring (bicyclic) bond motifs is 1. The molecule has 1 saturated heterocycles. The van der Waals surface area contributed by atoms with Crippen LogP contribution in [0, 0.1) is 5.92 Å². The van der Waals surface area contributed by atoms with Gasteiger partial charge in [0, 0.05) is 12.8 Å². The fourth-order valence-corrected chi connectivity index (χ4v) is 5.75. The normalized spacial score (nSPS) is 28.5. The molecule has 4 rings (SSSR count). The molecule has 2 aromatic rings. The van der Waals surface area contributed by atoms with Crippen LogP contribution in [0.2, 0.25) is 0 Å². The van der Waals surface area contributed by atoms with Crippen molar-refractivity contribution in [1.29, 1.82) is 0 Å². The van der Waals surface area contributed by atoms with Gasteiger partial charge in [0.2, 0.25) is 5.91 Å². The largest absolute Gasteiger partial charge is 0.475 e. The molecule has 1 fully saturated rings. The molecule has 0 saturated carbocycles. The van der Waals surface area contributed by atoms with Crippen molar-refractivity contribution >= 4 is 13.7 Å². The Kier molecular flexibility index (Phi) is 8.19. The quantitative estimate of drug-likeness (QED) is 0.563. The Morgan fingerprint density at radius 2 is 1.68 bits per heavy atom. The molecule has 0 bridgehead atoms. The van der Waals surface area contributed by atoms with Crippen LogP contribution in [0.15, 0.2) is 54.6 Å². The molecular formula is C25H32NO7P. The molecule has 34 heavy (non-hydrogen) atoms. The van der Waals surface area contributed by atoms with E-state index in [4.69, 9.17) is 23.0 Å². The molecule has 184 valence electrons. The first-order valence-electron chi connectivity index (χ1n) is 11.6. The Balaban J connectivity index is 1.50. The highest BCUT2D eigenvalue weighted by molar-refractivity contribution is 7.48. The van der Waals surface area contributed by atoms with Crippen LogP contribution in [0.5, 0.6) is 0 Å². The van der Waals surface area contributed by atoms with Crippen LogP contribution in [-0.4, -0.2) is 30.4 Å². The molecule has 2 unspecified atom stereocenters. The Labute approximate surface area is 200 Å². The van der Waals surface area contributed by atoms with E-state index in [0.717, 1.165) is 16.7 Å². The lowest BCUT2D eigenvalue weighted by molar-refractivity contribution is -0.253. The summed E-state index contributed by atoms with van der Waals surface area (Å²) in [7, 11) is -3.87. The van der Waals surface area contributed by atoms with E-state index in [-0.39, 0.29) is 25.0 Å². The number of amides is 1. The Bertz CT molecular complexity index is 986. The molecule has 2 aliphatic heterocycles. The average Bonchev–Trinajstić information content (AvgIpc) is 3.01. The summed E-state index contributed by atoms with van der Waals surface area (Å²) in [5.74, 6) is -0.501. The van der Waals surface area contributed by atoms with Crippen molar-refractivity contribution < 1.29 is 32.4 Å². The second kappa shape index (κ2) is 11.1. The summed E-state index contributed by atoms with van der Waals surface area (Å²) >= 11 is 0. The lowest BCUT2D eigenvalue weighted by Crippen LogP contribution is -2.60. The number of phosphoric ester groups is 1. The number of carbonyl (C=O) groups is 1. The Hall–Kier alpha value is -2.06. The molecule has 0 aliphatic carbocycles. The number of phosphoric acid groups is 1. The summed E-state index contributed by atoms with van der Waals surface area (Å²) in [6.45, 7) is 5.92. The zero-order valence-corrected chi connectivity index (χ0v) is 20.6. The van der Waals surface area contributed by atoms with Crippen LogP contribution in [0.1, 0.15) is 43.9 Å². The molecule has 8 nitrogen and oxygen atoms in total. The molecule has 0 radical (unpaired) electrons. The number of carbonyl (C=O) groups excluding carboxylic acids is 1. The first-order valence-corrected chi connectivity index (χ1v) is 13.1. The highest BCUT2D eigenvalue weighted by Crippen LogP contribution is 2.55. The maximum Gasteiger partial charge on any atom is 0.475 e. The fraction of sp³-hybridized carbons (Fsp3) is 0.480. The topological polar surface area (TPSA) is 92.3 Å². The summed E-state index contributed by atoms with van der Waals surface area (Å²) in [5.41, 5.74) is 2.82. The summed E-state index contributed by atoms with van der Waals surface area (Å²) in [5, 5.41) is 2.93. The first kappa shape index (κ1) is 25.0. The molecule has 2 aliphatic rings. The maximum absolute atomic E-state index is 13.5. The second-order valence-corrected chi connectivity index (χ2v) is 10.3. The van der Waals surface area contributed by atoms with Crippen LogP contribution in [-0.2, 0) is 52.2 Å². The van der Waals surface area contributed by atoms with E-state index in [2.05, 4.69) is 5.32 Å². The minimum atomic E-state index is -3.87. The average molecular weight is 490 g/mol. The van der Waals surface area contributed by atoms with E-state index in [9.17, 15) is 9.36 Å². The van der Waals surface area contributed by atoms with Gasteiger partial charge in [-0.25, -0.2) is 4.57 Å². The third-order valence-electron chi connectivity index (χ3n) is 6.21. The van der Waals surface area contributed by atoms with Gasteiger partial charge in [0.15, 0.2) is 6.29 Å². The Morgan fingerprint density at radius 1 is 1.06 bits per heavy atom. The van der Waals surface area contributed by atoms with Crippen molar-refractivity contribution in [2.24, 2.45) is 5.92 Å². The number of hydrogen-bond acceptors (Lipinski definition) is 7. The van der Waals surface area contributed by atoms with Crippen LogP contribution in [0.3, 0.4) is 0 Å². The fourth-order valence-electron chi connectivity index (χ4n) is 4.33. The van der Waals surface area contributed by atoms with Crippen LogP contribution in [0.25, 0.3) is 0 Å². The number of hydrogen-bond donors (Lipinski definition) is 1. The Morgan fingerprint density at radius 3 is 2.26 bits per heavy atom. The van der Waals surface area contributed by atoms with Gasteiger partial charge in [-0.05, 0) is 23.1 Å². The smallest absolute Gasteiger partial charge is 0.348 e. The van der Waals surface area contributed by atoms with E-state index in [1.807, 2.05) is 68.4 Å². The van der Waals surface area contributed by atoms with E-state index in [1.54, 1.807) is 0 Å². The molecule has 0 aromatic heterocycles. The molecule has 9 heteroatoms. The predicted octanol–water partition coefficient (Wildman–Crippen LogP) is 4.72. The van der Waals surface area contributed by atoms with Crippen molar-refractivity contribution in [1.82, 2.24) is 5.32 Å². The molecule has 2 heterocycles. The number of nitrogens with one attached hydrogen (secondary N) is 1. The van der Waals surface area contributed by atoms with Gasteiger partial charge in [0.05, 0.1) is 32.0 Å². The van der Waals surface area contributed by atoms with Gasteiger partial charge in [-0.2, -0.15) is 0 Å². The lowest BCUT2D eigenvalue weighted by Gasteiger charge is -2.45. The maximum atomic E-state index is 13.5. The third-order valence-corrected chi connectivity index (χ3v) is 7.60. The second-order valence-electron chi connectivity index (χ2n) is 8.67. The van der Waals surface area contributed by atoms with E-state index >= 15 is 0 Å². The summed E-state index contributed by atoms with van der Waals surface area (Å²) in [6.07, 6.45) is -1.16. The van der Waals surface area contributed by atoms with Crippen LogP contribution >= 0.6 is 7.82 Å². The van der Waals surface area contributed by atoms with Gasteiger partial charge < -0.3 is 14.8 Å². The van der Waals surface area contributed by atoms with Gasteiger partial charge in [-0.1, -0.05) is 68.4 Å². The number of benzene rings is 2. The van der Waals surface area contributed by atoms with Crippen LogP contribution < -0.4 is 5.32 Å². The van der Waals surface area contributed by atoms with E-state index in [0.29, 0.717) is 13.0 Å². The number of rotatable bonds is 7. The summed E-state index contributed by atoms with van der Waals surface area (Å²) in [4.78, 5) is 12.0. The monoisotopic (exact) mass is 489 g/mol. The molecule has 0 spiro atoms. The third kappa shape index (κ3) is 5.95. The van der Waals surface area contributed by atoms with Crippen molar-refractivity contribution in [3.8, 4) is 0 Å². The van der Waals surface area contributed by atoms with Gasteiger partial charge in [-0.15, -0.1) is 0 Å². The van der Waals surface area contributed by atoms with Gasteiger partial charge in [0.25, 0.3) is 0 Å². The number of ether oxygens (including phenoxy) is 2. The van der Waals surface area contributed by atoms with Crippen molar-refractivity contribution in [3.63, 3.8) is 0 Å². The zero-order chi connectivity index (χ0) is 24.1. The van der Waals surface area contributed by atoms with E-state index < -0.39 is 32.4 Å². The van der Waals surface area contributed by atoms with Gasteiger partial charge in [-0.3, -0.25) is 18.4 Å². The van der Waals surface area contributed by atoms with Crippen molar-refractivity contribution in [2.45, 2.75) is 71.6 Å². The van der Waals surface area contributed by atoms with Crippen LogP contribution in [0.4, 0.5) is 0 Å². The molecular weight excluding hydrogens is 457 g/mol. The van der Waals surface area contributed by atoms with Gasteiger partial charge >= 0.3 is 7.82 Å². The summed E-state index contributed by atoms with van der Waals surface area (Å²) < 4.78 is 43.1. The summed E-state index contributed by atoms with van der Waals surface area (Å²) in [6, 6.07) is 16.9. The predicted molar refractivity (Wildman–Crippen MR) is 125 cm³/mol. The molecule has 2 aromatic carbocycles. The molecule has 1 amide bonds.